The Bertz CT molecular complexity index is 308. The normalized spacial score (nSPS) is 10.5. The molecule has 1 rings (SSSR count). The van der Waals surface area contributed by atoms with Crippen LogP contribution >= 0.6 is 0 Å². The van der Waals surface area contributed by atoms with Crippen molar-refractivity contribution < 1.29 is 4.74 Å². The first-order chi connectivity index (χ1) is 7.04. The molecule has 0 aliphatic rings. The van der Waals surface area contributed by atoms with Crippen LogP contribution in [0.25, 0.3) is 0 Å². The van der Waals surface area contributed by atoms with E-state index in [4.69, 9.17) is 4.74 Å². The Morgan fingerprint density at radius 3 is 2.13 bits per heavy atom. The molecule has 0 aliphatic carbocycles. The van der Waals surface area contributed by atoms with Gasteiger partial charge in [0, 0.05) is 12.7 Å². The third-order valence-corrected chi connectivity index (χ3v) is 2.34. The van der Waals surface area contributed by atoms with Crippen molar-refractivity contribution in [3.05, 3.63) is 23.3 Å². The second kappa shape index (κ2) is 5.06. The lowest BCUT2D eigenvalue weighted by molar-refractivity contribution is 0.271. The lowest BCUT2D eigenvalue weighted by Gasteiger charge is -2.14. The van der Waals surface area contributed by atoms with Crippen molar-refractivity contribution in [1.82, 2.24) is 0 Å². The quantitative estimate of drug-likeness (QED) is 0.817. The summed E-state index contributed by atoms with van der Waals surface area (Å²) in [6.45, 7) is 9.28. The van der Waals surface area contributed by atoms with Gasteiger partial charge in [-0.1, -0.05) is 13.8 Å². The summed E-state index contributed by atoms with van der Waals surface area (Å²) in [7, 11) is 1.95. The van der Waals surface area contributed by atoms with Crippen LogP contribution in [0.3, 0.4) is 0 Å². The number of hydrogen-bond acceptors (Lipinski definition) is 2. The van der Waals surface area contributed by atoms with Gasteiger partial charge >= 0.3 is 0 Å². The lowest BCUT2D eigenvalue weighted by atomic mass is 10.1. The van der Waals surface area contributed by atoms with E-state index in [0.717, 1.165) is 12.4 Å². The highest BCUT2D eigenvalue weighted by Gasteiger charge is 2.04. The van der Waals surface area contributed by atoms with Crippen LogP contribution in [0.5, 0.6) is 5.75 Å². The standard InChI is InChI=1S/C13H21NO/c1-9(2)8-15-12-6-10(3)13(14-5)11(4)7-12/h6-7,9,14H,8H2,1-5H3. The third kappa shape index (κ3) is 3.15. The van der Waals surface area contributed by atoms with E-state index in [0.29, 0.717) is 5.92 Å². The molecular weight excluding hydrogens is 186 g/mol. The largest absolute Gasteiger partial charge is 0.493 e. The lowest BCUT2D eigenvalue weighted by Crippen LogP contribution is -2.05. The molecule has 0 unspecified atom stereocenters. The highest BCUT2D eigenvalue weighted by molar-refractivity contribution is 5.59. The maximum absolute atomic E-state index is 5.70. The highest BCUT2D eigenvalue weighted by atomic mass is 16.5. The minimum Gasteiger partial charge on any atom is -0.493 e. The number of aryl methyl sites for hydroxylation is 2. The van der Waals surface area contributed by atoms with E-state index in [9.17, 15) is 0 Å². The van der Waals surface area contributed by atoms with E-state index in [1.165, 1.54) is 16.8 Å². The maximum Gasteiger partial charge on any atom is 0.119 e. The molecule has 0 aliphatic heterocycles. The van der Waals surface area contributed by atoms with Crippen molar-refractivity contribution in [2.45, 2.75) is 27.7 Å². The first-order valence-electron chi connectivity index (χ1n) is 5.46. The molecule has 0 aromatic heterocycles. The molecule has 15 heavy (non-hydrogen) atoms. The molecule has 0 heterocycles. The van der Waals surface area contributed by atoms with Gasteiger partial charge in [0.15, 0.2) is 0 Å². The summed E-state index contributed by atoms with van der Waals surface area (Å²) in [5.74, 6) is 1.53. The van der Waals surface area contributed by atoms with Gasteiger partial charge < -0.3 is 10.1 Å². The topological polar surface area (TPSA) is 21.3 Å². The van der Waals surface area contributed by atoms with Gasteiger partial charge in [0.05, 0.1) is 6.61 Å². The van der Waals surface area contributed by atoms with Crippen LogP contribution in [0.1, 0.15) is 25.0 Å². The molecular formula is C13H21NO. The summed E-state index contributed by atoms with van der Waals surface area (Å²) >= 11 is 0. The minimum absolute atomic E-state index is 0.564. The fourth-order valence-corrected chi connectivity index (χ4v) is 1.66. The molecule has 0 amide bonds. The maximum atomic E-state index is 5.70. The van der Waals surface area contributed by atoms with Crippen molar-refractivity contribution in [3.63, 3.8) is 0 Å². The van der Waals surface area contributed by atoms with E-state index in [2.05, 4.69) is 45.1 Å². The minimum atomic E-state index is 0.564. The summed E-state index contributed by atoms with van der Waals surface area (Å²) < 4.78 is 5.70. The van der Waals surface area contributed by atoms with Gasteiger partial charge in [-0.25, -0.2) is 0 Å². The Morgan fingerprint density at radius 1 is 1.20 bits per heavy atom. The van der Waals surface area contributed by atoms with Gasteiger partial charge in [-0.3, -0.25) is 0 Å². The molecule has 2 nitrogen and oxygen atoms in total. The molecule has 0 spiro atoms. The molecule has 0 saturated heterocycles. The first kappa shape index (κ1) is 11.9. The Hall–Kier alpha value is -1.18. The van der Waals surface area contributed by atoms with Gasteiger partial charge in [-0.2, -0.15) is 0 Å². The number of rotatable bonds is 4. The zero-order valence-corrected chi connectivity index (χ0v) is 10.3. The Morgan fingerprint density at radius 2 is 1.73 bits per heavy atom. The van der Waals surface area contributed by atoms with Crippen molar-refractivity contribution in [2.75, 3.05) is 19.0 Å². The van der Waals surface area contributed by atoms with Gasteiger partial charge in [0.1, 0.15) is 5.75 Å². The zero-order chi connectivity index (χ0) is 11.4. The van der Waals surface area contributed by atoms with Crippen molar-refractivity contribution in [3.8, 4) is 5.75 Å². The average Bonchev–Trinajstić information content (AvgIpc) is 2.14. The smallest absolute Gasteiger partial charge is 0.119 e. The van der Waals surface area contributed by atoms with Crippen LogP contribution < -0.4 is 10.1 Å². The second-order valence-electron chi connectivity index (χ2n) is 4.39. The highest BCUT2D eigenvalue weighted by Crippen LogP contribution is 2.25. The Kier molecular flexibility index (Phi) is 4.01. The summed E-state index contributed by atoms with van der Waals surface area (Å²) in [4.78, 5) is 0. The second-order valence-corrected chi connectivity index (χ2v) is 4.39. The monoisotopic (exact) mass is 207 g/mol. The Balaban J connectivity index is 2.84. The van der Waals surface area contributed by atoms with Crippen LogP contribution in [-0.2, 0) is 0 Å². The van der Waals surface area contributed by atoms with Crippen molar-refractivity contribution in [2.24, 2.45) is 5.92 Å². The van der Waals surface area contributed by atoms with Crippen LogP contribution in [0.15, 0.2) is 12.1 Å². The number of ether oxygens (including phenoxy) is 1. The van der Waals surface area contributed by atoms with Crippen molar-refractivity contribution in [1.29, 1.82) is 0 Å². The van der Waals surface area contributed by atoms with E-state index in [1.807, 2.05) is 7.05 Å². The average molecular weight is 207 g/mol. The van der Waals surface area contributed by atoms with Crippen LogP contribution in [0.4, 0.5) is 5.69 Å². The van der Waals surface area contributed by atoms with E-state index in [1.54, 1.807) is 0 Å². The summed E-state index contributed by atoms with van der Waals surface area (Å²) in [6.07, 6.45) is 0. The number of hydrogen-bond donors (Lipinski definition) is 1. The van der Waals surface area contributed by atoms with Crippen molar-refractivity contribution >= 4 is 5.69 Å². The van der Waals surface area contributed by atoms with Gasteiger partial charge in [-0.05, 0) is 43.0 Å². The molecule has 0 radical (unpaired) electrons. The fraction of sp³-hybridized carbons (Fsp3) is 0.538. The first-order valence-corrected chi connectivity index (χ1v) is 5.46. The number of anilines is 1. The van der Waals surface area contributed by atoms with Crippen LogP contribution in [0, 0.1) is 19.8 Å². The zero-order valence-electron chi connectivity index (χ0n) is 10.3. The molecule has 0 atom stereocenters. The molecule has 1 aromatic carbocycles. The predicted molar refractivity (Wildman–Crippen MR) is 65.8 cm³/mol. The molecule has 2 heteroatoms. The van der Waals surface area contributed by atoms with E-state index < -0.39 is 0 Å². The third-order valence-electron chi connectivity index (χ3n) is 2.34. The SMILES string of the molecule is CNc1c(C)cc(OCC(C)C)cc1C. The van der Waals surface area contributed by atoms with Crippen LogP contribution in [0.2, 0.25) is 0 Å². The fourth-order valence-electron chi connectivity index (χ4n) is 1.66. The van der Waals surface area contributed by atoms with Crippen LogP contribution in [-0.4, -0.2) is 13.7 Å². The molecule has 1 aromatic rings. The summed E-state index contributed by atoms with van der Waals surface area (Å²) in [5.41, 5.74) is 3.67. The van der Waals surface area contributed by atoms with Gasteiger partial charge in [0.2, 0.25) is 0 Å². The van der Waals surface area contributed by atoms with E-state index >= 15 is 0 Å². The molecule has 0 bridgehead atoms. The molecule has 84 valence electrons. The predicted octanol–water partition coefficient (Wildman–Crippen LogP) is 3.38. The number of nitrogens with one attached hydrogen (secondary N) is 1. The number of benzene rings is 1. The summed E-state index contributed by atoms with van der Waals surface area (Å²) in [5, 5.41) is 3.20. The van der Waals surface area contributed by atoms with Gasteiger partial charge in [-0.15, -0.1) is 0 Å². The Labute approximate surface area is 92.6 Å². The van der Waals surface area contributed by atoms with E-state index in [-0.39, 0.29) is 0 Å². The summed E-state index contributed by atoms with van der Waals surface area (Å²) in [6, 6.07) is 4.17. The molecule has 0 fully saturated rings. The molecule has 1 N–H and O–H groups in total. The van der Waals surface area contributed by atoms with Gasteiger partial charge in [0.25, 0.3) is 0 Å². The molecule has 0 saturated carbocycles.